The number of ether oxygens (including phenoxy) is 2. The van der Waals surface area contributed by atoms with Crippen molar-refractivity contribution in [1.29, 1.82) is 0 Å². The molecule has 29 heavy (non-hydrogen) atoms. The molecule has 0 amide bonds. The van der Waals surface area contributed by atoms with E-state index in [-0.39, 0.29) is 52.4 Å². The summed E-state index contributed by atoms with van der Waals surface area (Å²) in [6.07, 6.45) is 0.595. The van der Waals surface area contributed by atoms with Crippen LogP contribution in [-0.4, -0.2) is 46.6 Å². The quantitative estimate of drug-likeness (QED) is 0.682. The Morgan fingerprint density at radius 2 is 1.69 bits per heavy atom. The number of phenolic OH excluding ortho intramolecular Hbond substituents is 2. The summed E-state index contributed by atoms with van der Waals surface area (Å²) in [6, 6.07) is 7.19. The van der Waals surface area contributed by atoms with E-state index in [1.807, 2.05) is 0 Å². The van der Waals surface area contributed by atoms with Crippen molar-refractivity contribution >= 4 is 17.3 Å². The van der Waals surface area contributed by atoms with Gasteiger partial charge in [-0.1, -0.05) is 12.1 Å². The first-order valence-corrected chi connectivity index (χ1v) is 9.36. The summed E-state index contributed by atoms with van der Waals surface area (Å²) in [5.74, 6) is -2.66. The van der Waals surface area contributed by atoms with Crippen molar-refractivity contribution in [3.8, 4) is 11.5 Å². The molecule has 0 saturated carbocycles. The number of carbonyl (C=O) groups is 3. The van der Waals surface area contributed by atoms with E-state index in [1.54, 1.807) is 6.92 Å². The Morgan fingerprint density at radius 3 is 2.41 bits per heavy atom. The Kier molecular flexibility index (Phi) is 4.72. The Morgan fingerprint density at radius 1 is 1.00 bits per heavy atom. The van der Waals surface area contributed by atoms with Crippen molar-refractivity contribution in [2.24, 2.45) is 0 Å². The van der Waals surface area contributed by atoms with Crippen molar-refractivity contribution in [1.82, 2.24) is 0 Å². The number of fused-ring (bicyclic) bond motifs is 2. The van der Waals surface area contributed by atoms with Gasteiger partial charge >= 0.3 is 0 Å². The van der Waals surface area contributed by atoms with Crippen LogP contribution in [0.25, 0.3) is 0 Å². The number of benzene rings is 2. The zero-order valence-corrected chi connectivity index (χ0v) is 15.9. The molecule has 2 N–H and O–H groups in total. The van der Waals surface area contributed by atoms with Gasteiger partial charge in [0.2, 0.25) is 5.78 Å². The van der Waals surface area contributed by atoms with Gasteiger partial charge in [0.05, 0.1) is 30.8 Å². The van der Waals surface area contributed by atoms with Crippen LogP contribution in [0.1, 0.15) is 57.2 Å². The van der Waals surface area contributed by atoms with Gasteiger partial charge in [-0.25, -0.2) is 0 Å². The third-order valence-electron chi connectivity index (χ3n) is 5.27. The van der Waals surface area contributed by atoms with E-state index in [9.17, 15) is 24.6 Å². The molecule has 1 aliphatic carbocycles. The molecule has 1 saturated heterocycles. The lowest BCUT2D eigenvalue weighted by Gasteiger charge is -2.21. The Hall–Kier alpha value is -3.03. The summed E-state index contributed by atoms with van der Waals surface area (Å²) in [4.78, 5) is 37.9. The molecule has 1 aliphatic heterocycles. The Balaban J connectivity index is 1.57. The highest BCUT2D eigenvalue weighted by Gasteiger charge is 2.35. The molecule has 0 bridgehead atoms. The maximum atomic E-state index is 12.8. The van der Waals surface area contributed by atoms with Crippen LogP contribution in [-0.2, 0) is 20.7 Å². The van der Waals surface area contributed by atoms with Gasteiger partial charge in [0.25, 0.3) is 0 Å². The predicted molar refractivity (Wildman–Crippen MR) is 101 cm³/mol. The third-order valence-corrected chi connectivity index (χ3v) is 5.27. The fourth-order valence-corrected chi connectivity index (χ4v) is 3.87. The van der Waals surface area contributed by atoms with Crippen LogP contribution in [0.5, 0.6) is 11.5 Å². The minimum atomic E-state index is -0.900. The summed E-state index contributed by atoms with van der Waals surface area (Å²) in [5, 5.41) is 20.4. The van der Waals surface area contributed by atoms with E-state index < -0.39 is 17.4 Å². The average Bonchev–Trinajstić information content (AvgIpc) is 3.09. The molecular formula is C22H20O7. The topological polar surface area (TPSA) is 110 Å². The maximum absolute atomic E-state index is 12.8. The molecule has 150 valence electrons. The number of aromatic hydroxyl groups is 2. The molecule has 0 aromatic heterocycles. The maximum Gasteiger partial charge on any atom is 0.201 e. The van der Waals surface area contributed by atoms with Crippen LogP contribution in [0.15, 0.2) is 30.3 Å². The van der Waals surface area contributed by atoms with Crippen molar-refractivity contribution < 1.29 is 34.1 Å². The Labute approximate surface area is 166 Å². The molecule has 2 aromatic rings. The molecule has 0 radical (unpaired) electrons. The summed E-state index contributed by atoms with van der Waals surface area (Å²) in [6.45, 7) is 2.63. The molecule has 2 aromatic carbocycles. The van der Waals surface area contributed by atoms with Gasteiger partial charge in [0.15, 0.2) is 11.6 Å². The van der Waals surface area contributed by atoms with E-state index in [1.165, 1.54) is 30.3 Å². The minimum absolute atomic E-state index is 0.0655. The van der Waals surface area contributed by atoms with E-state index in [2.05, 4.69) is 0 Å². The fraction of sp³-hybridized carbons (Fsp3) is 0.318. The van der Waals surface area contributed by atoms with Gasteiger partial charge in [0, 0.05) is 17.5 Å². The molecule has 1 fully saturated rings. The average molecular weight is 396 g/mol. The van der Waals surface area contributed by atoms with Crippen LogP contribution in [0.2, 0.25) is 0 Å². The standard InChI is InChI=1S/C22H20O7/c1-22(28-7-8-29-22)11-13(23)6-5-12-9-15-19(17(25)10-12)21(27)18-14(20(15)26)3-2-4-16(18)24/h2-4,9-10,24-25H,5-8,11H2,1H3. The summed E-state index contributed by atoms with van der Waals surface area (Å²) in [5.41, 5.74) is 0.508. The van der Waals surface area contributed by atoms with Crippen LogP contribution in [0.3, 0.4) is 0 Å². The van der Waals surface area contributed by atoms with E-state index in [0.29, 0.717) is 25.2 Å². The lowest BCUT2D eigenvalue weighted by Crippen LogP contribution is -2.29. The first-order valence-electron chi connectivity index (χ1n) is 9.36. The molecular weight excluding hydrogens is 376 g/mol. The second kappa shape index (κ2) is 7.09. The number of phenols is 2. The number of aryl methyl sites for hydroxylation is 1. The van der Waals surface area contributed by atoms with Gasteiger partial charge in [-0.05, 0) is 37.1 Å². The van der Waals surface area contributed by atoms with Crippen molar-refractivity contribution in [2.75, 3.05) is 13.2 Å². The van der Waals surface area contributed by atoms with Crippen LogP contribution >= 0.6 is 0 Å². The van der Waals surface area contributed by atoms with Gasteiger partial charge in [0.1, 0.15) is 17.3 Å². The second-order valence-electron chi connectivity index (χ2n) is 7.44. The predicted octanol–water partition coefficient (Wildman–Crippen LogP) is 2.53. The molecule has 2 aliphatic rings. The van der Waals surface area contributed by atoms with Gasteiger partial charge in [-0.15, -0.1) is 0 Å². The van der Waals surface area contributed by atoms with E-state index in [4.69, 9.17) is 9.47 Å². The van der Waals surface area contributed by atoms with Crippen LogP contribution in [0.4, 0.5) is 0 Å². The van der Waals surface area contributed by atoms with Crippen molar-refractivity contribution in [3.05, 3.63) is 58.1 Å². The SMILES string of the molecule is CC1(CC(=O)CCc2cc(O)c3c(c2)C(=O)c2cccc(O)c2C3=O)OCCO1. The number of Topliss-reactive ketones (excluding diaryl/α,β-unsaturated/α-hetero) is 1. The lowest BCUT2D eigenvalue weighted by molar-refractivity contribution is -0.158. The first kappa shape index (κ1) is 19.3. The Bertz CT molecular complexity index is 1030. The zero-order chi connectivity index (χ0) is 20.8. The smallest absolute Gasteiger partial charge is 0.201 e. The normalized spacial score (nSPS) is 17.1. The molecule has 7 heteroatoms. The highest BCUT2D eigenvalue weighted by atomic mass is 16.7. The van der Waals surface area contributed by atoms with Crippen LogP contribution in [0, 0.1) is 0 Å². The molecule has 0 unspecified atom stereocenters. The molecule has 7 nitrogen and oxygen atoms in total. The monoisotopic (exact) mass is 396 g/mol. The number of hydrogen-bond acceptors (Lipinski definition) is 7. The highest BCUT2D eigenvalue weighted by Crippen LogP contribution is 2.37. The van der Waals surface area contributed by atoms with Gasteiger partial charge in [-0.3, -0.25) is 14.4 Å². The van der Waals surface area contributed by atoms with E-state index in [0.717, 1.165) is 0 Å². The second-order valence-corrected chi connectivity index (χ2v) is 7.44. The summed E-state index contributed by atoms with van der Waals surface area (Å²) >= 11 is 0. The van der Waals surface area contributed by atoms with Crippen LogP contribution < -0.4 is 0 Å². The largest absolute Gasteiger partial charge is 0.507 e. The minimum Gasteiger partial charge on any atom is -0.507 e. The number of rotatable bonds is 5. The van der Waals surface area contributed by atoms with E-state index >= 15 is 0 Å². The third kappa shape index (κ3) is 3.43. The summed E-state index contributed by atoms with van der Waals surface area (Å²) < 4.78 is 10.9. The van der Waals surface area contributed by atoms with Gasteiger partial charge in [-0.2, -0.15) is 0 Å². The summed E-state index contributed by atoms with van der Waals surface area (Å²) in [7, 11) is 0. The molecule has 4 rings (SSSR count). The molecule has 0 atom stereocenters. The molecule has 0 spiro atoms. The van der Waals surface area contributed by atoms with Crippen molar-refractivity contribution in [2.45, 2.75) is 32.0 Å². The number of hydrogen-bond donors (Lipinski definition) is 2. The molecule has 1 heterocycles. The lowest BCUT2D eigenvalue weighted by atomic mass is 9.82. The fourth-order valence-electron chi connectivity index (χ4n) is 3.87. The highest BCUT2D eigenvalue weighted by molar-refractivity contribution is 6.30. The first-order chi connectivity index (χ1) is 13.8. The van der Waals surface area contributed by atoms with Crippen molar-refractivity contribution in [3.63, 3.8) is 0 Å². The zero-order valence-electron chi connectivity index (χ0n) is 15.9. The number of carbonyl (C=O) groups excluding carboxylic acids is 3. The number of ketones is 3. The van der Waals surface area contributed by atoms with Gasteiger partial charge < -0.3 is 19.7 Å².